The Kier molecular flexibility index (Phi) is 6.05. The molecule has 1 aromatic heterocycles. The van der Waals surface area contributed by atoms with Crippen molar-refractivity contribution in [2.75, 3.05) is 18.4 Å². The lowest BCUT2D eigenvalue weighted by Gasteiger charge is -2.10. The predicted octanol–water partition coefficient (Wildman–Crippen LogP) is 0.417. The van der Waals surface area contributed by atoms with Gasteiger partial charge in [0.25, 0.3) is 11.6 Å². The second-order valence-electron chi connectivity index (χ2n) is 4.25. The molecule has 0 aliphatic heterocycles. The molecule has 0 aromatic carbocycles. The zero-order valence-corrected chi connectivity index (χ0v) is 11.6. The molecule has 0 saturated carbocycles. The summed E-state index contributed by atoms with van der Waals surface area (Å²) in [5.41, 5.74) is 4.75. The van der Waals surface area contributed by atoms with E-state index >= 15 is 0 Å². The van der Waals surface area contributed by atoms with Crippen LogP contribution in [0.1, 0.15) is 30.1 Å². The number of nitrogens with two attached hydrogens (primary N) is 1. The van der Waals surface area contributed by atoms with Crippen LogP contribution in [0.25, 0.3) is 0 Å². The molecular weight excluding hydrogens is 278 g/mol. The zero-order valence-electron chi connectivity index (χ0n) is 11.6. The van der Waals surface area contributed by atoms with E-state index in [1.807, 2.05) is 6.92 Å². The third-order valence-corrected chi connectivity index (χ3v) is 2.53. The van der Waals surface area contributed by atoms with E-state index in [-0.39, 0.29) is 30.0 Å². The molecule has 114 valence electrons. The molecule has 2 amide bonds. The van der Waals surface area contributed by atoms with E-state index in [1.165, 1.54) is 0 Å². The van der Waals surface area contributed by atoms with Gasteiger partial charge in [-0.25, -0.2) is 4.98 Å². The van der Waals surface area contributed by atoms with Crippen LogP contribution in [0.5, 0.6) is 0 Å². The molecule has 0 bridgehead atoms. The number of carbonyl (C=O) groups is 2. The first kappa shape index (κ1) is 16.3. The first-order valence-electron chi connectivity index (χ1n) is 6.40. The van der Waals surface area contributed by atoms with Gasteiger partial charge in [-0.05, 0) is 6.42 Å². The summed E-state index contributed by atoms with van der Waals surface area (Å²) in [6.07, 6.45) is 1.88. The fraction of sp³-hybridized carbons (Fsp3) is 0.417. The fourth-order valence-corrected chi connectivity index (χ4v) is 1.51. The van der Waals surface area contributed by atoms with E-state index < -0.39 is 16.7 Å². The second-order valence-corrected chi connectivity index (χ2v) is 4.25. The Morgan fingerprint density at radius 3 is 2.71 bits per heavy atom. The Morgan fingerprint density at radius 1 is 1.43 bits per heavy atom. The maximum atomic E-state index is 12.0. The maximum Gasteiger partial charge on any atom is 0.288 e. The number of rotatable bonds is 8. The minimum absolute atomic E-state index is 0.00812. The highest BCUT2D eigenvalue weighted by atomic mass is 16.6. The molecule has 0 fully saturated rings. The van der Waals surface area contributed by atoms with E-state index in [1.54, 1.807) is 0 Å². The smallest absolute Gasteiger partial charge is 0.288 e. The van der Waals surface area contributed by atoms with E-state index in [4.69, 9.17) is 5.73 Å². The molecule has 4 N–H and O–H groups in total. The summed E-state index contributed by atoms with van der Waals surface area (Å²) in [5, 5.41) is 16.2. The number of nitro groups is 1. The molecule has 9 heteroatoms. The highest BCUT2D eigenvalue weighted by Gasteiger charge is 2.17. The summed E-state index contributed by atoms with van der Waals surface area (Å²) in [5.74, 6) is -0.832. The van der Waals surface area contributed by atoms with Crippen LogP contribution in [0.3, 0.4) is 0 Å². The first-order chi connectivity index (χ1) is 9.95. The van der Waals surface area contributed by atoms with Gasteiger partial charge in [-0.3, -0.25) is 19.7 Å². The molecule has 21 heavy (non-hydrogen) atoms. The van der Waals surface area contributed by atoms with Crippen molar-refractivity contribution in [2.45, 2.75) is 19.8 Å². The summed E-state index contributed by atoms with van der Waals surface area (Å²) in [4.78, 5) is 36.7. The Labute approximate surface area is 121 Å². The van der Waals surface area contributed by atoms with Crippen molar-refractivity contribution in [3.05, 3.63) is 27.9 Å². The lowest BCUT2D eigenvalue weighted by atomic mass is 10.2. The monoisotopic (exact) mass is 295 g/mol. The number of hydrogen-bond acceptors (Lipinski definition) is 6. The number of primary amides is 1. The van der Waals surface area contributed by atoms with Gasteiger partial charge in [0.2, 0.25) is 5.91 Å². The number of nitrogens with one attached hydrogen (secondary N) is 2. The van der Waals surface area contributed by atoms with Crippen molar-refractivity contribution >= 4 is 23.3 Å². The van der Waals surface area contributed by atoms with Gasteiger partial charge in [0.15, 0.2) is 0 Å². The first-order valence-corrected chi connectivity index (χ1v) is 6.40. The Hall–Kier alpha value is -2.71. The van der Waals surface area contributed by atoms with Crippen LogP contribution >= 0.6 is 0 Å². The van der Waals surface area contributed by atoms with Crippen molar-refractivity contribution in [1.82, 2.24) is 10.3 Å². The number of hydrogen-bond donors (Lipinski definition) is 3. The van der Waals surface area contributed by atoms with Gasteiger partial charge in [-0.15, -0.1) is 0 Å². The highest BCUT2D eigenvalue weighted by molar-refractivity contribution is 5.99. The number of anilines is 1. The van der Waals surface area contributed by atoms with Gasteiger partial charge in [0, 0.05) is 25.6 Å². The third-order valence-electron chi connectivity index (χ3n) is 2.53. The highest BCUT2D eigenvalue weighted by Crippen LogP contribution is 2.19. The van der Waals surface area contributed by atoms with Crippen molar-refractivity contribution in [2.24, 2.45) is 5.73 Å². The summed E-state index contributed by atoms with van der Waals surface area (Å²) in [6, 6.07) is 1.14. The number of aromatic nitrogens is 1. The van der Waals surface area contributed by atoms with Crippen LogP contribution in [-0.2, 0) is 4.79 Å². The largest absolute Gasteiger partial charge is 0.370 e. The van der Waals surface area contributed by atoms with Gasteiger partial charge in [-0.1, -0.05) is 6.92 Å². The van der Waals surface area contributed by atoms with Crippen molar-refractivity contribution in [3.63, 3.8) is 0 Å². The van der Waals surface area contributed by atoms with Crippen molar-refractivity contribution < 1.29 is 14.5 Å². The minimum Gasteiger partial charge on any atom is -0.370 e. The van der Waals surface area contributed by atoms with Gasteiger partial charge in [0.05, 0.1) is 10.5 Å². The van der Waals surface area contributed by atoms with Crippen LogP contribution in [0.4, 0.5) is 11.5 Å². The molecule has 0 unspecified atom stereocenters. The summed E-state index contributed by atoms with van der Waals surface area (Å²) in [7, 11) is 0. The molecule has 0 aliphatic rings. The maximum absolute atomic E-state index is 12.0. The number of amides is 2. The Morgan fingerprint density at radius 2 is 2.14 bits per heavy atom. The summed E-state index contributed by atoms with van der Waals surface area (Å²) >= 11 is 0. The SMILES string of the molecule is CCCNc1ncc([N+](=O)[O-])cc1C(=O)NCCC(N)=O. The van der Waals surface area contributed by atoms with Gasteiger partial charge < -0.3 is 16.4 Å². The van der Waals surface area contributed by atoms with Crippen LogP contribution in [0, 0.1) is 10.1 Å². The summed E-state index contributed by atoms with van der Waals surface area (Å²) in [6.45, 7) is 2.57. The predicted molar refractivity (Wildman–Crippen MR) is 75.8 cm³/mol. The Bertz CT molecular complexity index is 546. The quantitative estimate of drug-likeness (QED) is 0.469. The average Bonchev–Trinajstić information content (AvgIpc) is 2.44. The van der Waals surface area contributed by atoms with Crippen LogP contribution < -0.4 is 16.4 Å². The normalized spacial score (nSPS) is 9.95. The van der Waals surface area contributed by atoms with E-state index in [9.17, 15) is 19.7 Å². The fourth-order valence-electron chi connectivity index (χ4n) is 1.51. The second kappa shape index (κ2) is 7.78. The molecule has 0 saturated heterocycles. The van der Waals surface area contributed by atoms with Crippen molar-refractivity contribution in [3.8, 4) is 0 Å². The number of nitrogens with zero attached hydrogens (tertiary/aromatic N) is 2. The summed E-state index contributed by atoms with van der Waals surface area (Å²) < 4.78 is 0. The van der Waals surface area contributed by atoms with Gasteiger partial charge in [0.1, 0.15) is 12.0 Å². The number of carbonyl (C=O) groups excluding carboxylic acids is 2. The molecule has 0 radical (unpaired) electrons. The molecular formula is C12H17N5O4. The molecule has 1 rings (SSSR count). The topological polar surface area (TPSA) is 140 Å². The Balaban J connectivity index is 2.92. The molecule has 0 aliphatic carbocycles. The standard InChI is InChI=1S/C12H17N5O4/c1-2-4-14-11-9(6-8(7-16-11)17(20)21)12(19)15-5-3-10(13)18/h6-7H,2-5H2,1H3,(H2,13,18)(H,14,16)(H,15,19). The lowest BCUT2D eigenvalue weighted by Crippen LogP contribution is -2.28. The van der Waals surface area contributed by atoms with E-state index in [2.05, 4.69) is 15.6 Å². The van der Waals surface area contributed by atoms with Gasteiger partial charge >= 0.3 is 0 Å². The molecule has 0 spiro atoms. The minimum atomic E-state index is -0.628. The van der Waals surface area contributed by atoms with E-state index in [0.717, 1.165) is 18.7 Å². The van der Waals surface area contributed by atoms with Gasteiger partial charge in [-0.2, -0.15) is 0 Å². The van der Waals surface area contributed by atoms with Crippen LogP contribution in [0.15, 0.2) is 12.3 Å². The lowest BCUT2D eigenvalue weighted by molar-refractivity contribution is -0.385. The number of pyridine rings is 1. The third kappa shape index (κ3) is 5.05. The molecule has 1 aromatic rings. The molecule has 9 nitrogen and oxygen atoms in total. The molecule has 1 heterocycles. The van der Waals surface area contributed by atoms with Crippen LogP contribution in [0.2, 0.25) is 0 Å². The molecule has 0 atom stereocenters. The van der Waals surface area contributed by atoms with E-state index in [0.29, 0.717) is 6.54 Å². The zero-order chi connectivity index (χ0) is 15.8. The van der Waals surface area contributed by atoms with Crippen molar-refractivity contribution in [1.29, 1.82) is 0 Å². The average molecular weight is 295 g/mol. The van der Waals surface area contributed by atoms with Crippen LogP contribution in [-0.4, -0.2) is 34.8 Å².